The highest BCUT2D eigenvalue weighted by atomic mass is 16.5. The van der Waals surface area contributed by atoms with Crippen molar-refractivity contribution < 1.29 is 4.74 Å². The van der Waals surface area contributed by atoms with Gasteiger partial charge in [0.05, 0.1) is 7.11 Å². The highest BCUT2D eigenvalue weighted by molar-refractivity contribution is 5.48. The zero-order valence-corrected chi connectivity index (χ0v) is 14.2. The Labute approximate surface area is 134 Å². The maximum absolute atomic E-state index is 5.79. The van der Waals surface area contributed by atoms with Gasteiger partial charge in [-0.25, -0.2) is 0 Å². The first-order valence-corrected chi connectivity index (χ1v) is 8.25. The molecular formula is C21H26O. The monoisotopic (exact) mass is 294 g/mol. The molecule has 0 unspecified atom stereocenters. The van der Waals surface area contributed by atoms with Crippen LogP contribution in [0.15, 0.2) is 36.4 Å². The number of methoxy groups -OCH3 is 1. The number of ether oxygens (including phenoxy) is 1. The van der Waals surface area contributed by atoms with Gasteiger partial charge in [0.15, 0.2) is 0 Å². The molecule has 2 aliphatic carbocycles. The zero-order valence-electron chi connectivity index (χ0n) is 14.2. The fourth-order valence-electron chi connectivity index (χ4n) is 3.25. The molecule has 1 nitrogen and oxygen atoms in total. The van der Waals surface area contributed by atoms with Gasteiger partial charge in [-0.15, -0.1) is 0 Å². The Balaban J connectivity index is 2.11. The summed E-state index contributed by atoms with van der Waals surface area (Å²) in [6, 6.07) is 13.8. The third kappa shape index (κ3) is 3.04. The molecule has 4 rings (SSSR count). The van der Waals surface area contributed by atoms with Crippen molar-refractivity contribution in [2.75, 3.05) is 7.11 Å². The molecular weight excluding hydrogens is 268 g/mol. The van der Waals surface area contributed by atoms with Crippen molar-refractivity contribution in [3.63, 3.8) is 0 Å². The van der Waals surface area contributed by atoms with Crippen LogP contribution in [0.25, 0.3) is 0 Å². The van der Waals surface area contributed by atoms with Gasteiger partial charge in [-0.05, 0) is 58.9 Å². The quantitative estimate of drug-likeness (QED) is 0.728. The molecule has 0 saturated carbocycles. The largest absolute Gasteiger partial charge is 0.496 e. The van der Waals surface area contributed by atoms with Gasteiger partial charge in [0, 0.05) is 0 Å². The van der Waals surface area contributed by atoms with Gasteiger partial charge in [0.1, 0.15) is 5.75 Å². The predicted molar refractivity (Wildman–Crippen MR) is 93.0 cm³/mol. The van der Waals surface area contributed by atoms with Crippen LogP contribution in [0.4, 0.5) is 0 Å². The summed E-state index contributed by atoms with van der Waals surface area (Å²) in [5.74, 6) is 1.11. The molecule has 4 bridgehead atoms. The van der Waals surface area contributed by atoms with E-state index in [2.05, 4.69) is 57.2 Å². The number of hydrogen-bond donors (Lipinski definition) is 0. The molecule has 0 spiro atoms. The SMILES string of the molecule is COc1c2cc(C(C)(C)C)cc1CCc1ccc(cc1)CC2. The fourth-order valence-corrected chi connectivity index (χ4v) is 3.25. The summed E-state index contributed by atoms with van der Waals surface area (Å²) in [6.45, 7) is 6.87. The summed E-state index contributed by atoms with van der Waals surface area (Å²) in [5, 5.41) is 0. The van der Waals surface area contributed by atoms with Gasteiger partial charge in [0.2, 0.25) is 0 Å². The second kappa shape index (κ2) is 5.79. The van der Waals surface area contributed by atoms with E-state index in [-0.39, 0.29) is 5.41 Å². The Morgan fingerprint density at radius 1 is 0.773 bits per heavy atom. The van der Waals surface area contributed by atoms with E-state index >= 15 is 0 Å². The van der Waals surface area contributed by atoms with E-state index < -0.39 is 0 Å². The van der Waals surface area contributed by atoms with Crippen LogP contribution in [0, 0.1) is 0 Å². The lowest BCUT2D eigenvalue weighted by Gasteiger charge is -2.23. The van der Waals surface area contributed by atoms with E-state index in [1.165, 1.54) is 27.8 Å². The van der Waals surface area contributed by atoms with Crippen LogP contribution in [0.5, 0.6) is 5.75 Å². The van der Waals surface area contributed by atoms with E-state index in [0.29, 0.717) is 0 Å². The molecule has 0 atom stereocenters. The predicted octanol–water partition coefficient (Wildman–Crippen LogP) is 4.88. The molecule has 0 fully saturated rings. The molecule has 0 amide bonds. The smallest absolute Gasteiger partial charge is 0.125 e. The minimum Gasteiger partial charge on any atom is -0.496 e. The Kier molecular flexibility index (Phi) is 3.99. The molecule has 2 aromatic rings. The Bertz CT molecular complexity index is 611. The highest BCUT2D eigenvalue weighted by Crippen LogP contribution is 2.34. The minimum absolute atomic E-state index is 0.172. The zero-order chi connectivity index (χ0) is 15.7. The standard InChI is InChI=1S/C21H26O/c1-21(2,3)19-13-17-11-9-15-5-6-16(8-7-15)10-12-18(14-19)20(17)22-4/h5-8,13-14H,9-12H2,1-4H3. The van der Waals surface area contributed by atoms with Crippen LogP contribution >= 0.6 is 0 Å². The van der Waals surface area contributed by atoms with Gasteiger partial charge in [-0.1, -0.05) is 57.2 Å². The lowest BCUT2D eigenvalue weighted by molar-refractivity contribution is 0.403. The van der Waals surface area contributed by atoms with E-state index in [1.807, 2.05) is 7.11 Å². The second-order valence-electron chi connectivity index (χ2n) is 7.39. The number of aryl methyl sites for hydroxylation is 4. The maximum atomic E-state index is 5.79. The first kappa shape index (κ1) is 15.1. The molecule has 116 valence electrons. The Morgan fingerprint density at radius 2 is 1.23 bits per heavy atom. The lowest BCUT2D eigenvalue weighted by atomic mass is 9.83. The van der Waals surface area contributed by atoms with Crippen LogP contribution in [0.1, 0.15) is 48.6 Å². The Hall–Kier alpha value is -1.76. The first-order chi connectivity index (χ1) is 10.5. The molecule has 0 N–H and O–H groups in total. The average Bonchev–Trinajstić information content (AvgIpc) is 2.52. The Morgan fingerprint density at radius 3 is 1.59 bits per heavy atom. The van der Waals surface area contributed by atoms with Gasteiger partial charge >= 0.3 is 0 Å². The van der Waals surface area contributed by atoms with E-state index in [9.17, 15) is 0 Å². The molecule has 1 heteroatoms. The summed E-state index contributed by atoms with van der Waals surface area (Å²) in [5.41, 5.74) is 7.13. The maximum Gasteiger partial charge on any atom is 0.125 e. The van der Waals surface area contributed by atoms with Crippen LogP contribution in [0.2, 0.25) is 0 Å². The van der Waals surface area contributed by atoms with Gasteiger partial charge in [0.25, 0.3) is 0 Å². The van der Waals surface area contributed by atoms with Crippen molar-refractivity contribution >= 4 is 0 Å². The first-order valence-electron chi connectivity index (χ1n) is 8.25. The minimum atomic E-state index is 0.172. The van der Waals surface area contributed by atoms with Gasteiger partial charge in [-0.3, -0.25) is 0 Å². The topological polar surface area (TPSA) is 9.23 Å². The summed E-state index contributed by atoms with van der Waals surface area (Å²) >= 11 is 0. The van der Waals surface area contributed by atoms with Crippen molar-refractivity contribution in [2.24, 2.45) is 0 Å². The molecule has 0 radical (unpaired) electrons. The normalized spacial score (nSPS) is 14.5. The third-order valence-corrected chi connectivity index (χ3v) is 4.70. The molecule has 0 heterocycles. The lowest BCUT2D eigenvalue weighted by Crippen LogP contribution is -2.13. The number of rotatable bonds is 1. The number of hydrogen-bond acceptors (Lipinski definition) is 1. The van der Waals surface area contributed by atoms with Crippen LogP contribution in [-0.4, -0.2) is 7.11 Å². The van der Waals surface area contributed by atoms with Crippen molar-refractivity contribution in [2.45, 2.75) is 51.9 Å². The van der Waals surface area contributed by atoms with E-state index in [4.69, 9.17) is 4.74 Å². The van der Waals surface area contributed by atoms with E-state index in [0.717, 1.165) is 31.4 Å². The van der Waals surface area contributed by atoms with Crippen molar-refractivity contribution in [3.8, 4) is 5.75 Å². The van der Waals surface area contributed by atoms with Crippen LogP contribution in [-0.2, 0) is 31.1 Å². The average molecular weight is 294 g/mol. The molecule has 2 aromatic carbocycles. The van der Waals surface area contributed by atoms with Crippen molar-refractivity contribution in [3.05, 3.63) is 64.2 Å². The van der Waals surface area contributed by atoms with Crippen LogP contribution < -0.4 is 4.74 Å². The van der Waals surface area contributed by atoms with E-state index in [1.54, 1.807) is 0 Å². The number of fused-ring (bicyclic) bond motifs is 4. The summed E-state index contributed by atoms with van der Waals surface area (Å²) in [4.78, 5) is 0. The number of benzene rings is 2. The fraction of sp³-hybridized carbons (Fsp3) is 0.429. The highest BCUT2D eigenvalue weighted by Gasteiger charge is 2.20. The third-order valence-electron chi connectivity index (χ3n) is 4.70. The molecule has 0 aromatic heterocycles. The van der Waals surface area contributed by atoms with Crippen LogP contribution in [0.3, 0.4) is 0 Å². The van der Waals surface area contributed by atoms with Crippen molar-refractivity contribution in [1.29, 1.82) is 0 Å². The molecule has 0 aliphatic heterocycles. The van der Waals surface area contributed by atoms with Crippen molar-refractivity contribution in [1.82, 2.24) is 0 Å². The molecule has 22 heavy (non-hydrogen) atoms. The second-order valence-corrected chi connectivity index (χ2v) is 7.39. The molecule has 2 aliphatic rings. The van der Waals surface area contributed by atoms with Gasteiger partial charge in [-0.2, -0.15) is 0 Å². The summed E-state index contributed by atoms with van der Waals surface area (Å²) in [6.07, 6.45) is 4.23. The van der Waals surface area contributed by atoms with Gasteiger partial charge < -0.3 is 4.74 Å². The summed E-state index contributed by atoms with van der Waals surface area (Å²) in [7, 11) is 1.81. The summed E-state index contributed by atoms with van der Waals surface area (Å²) < 4.78 is 5.79. The molecule has 0 saturated heterocycles.